The van der Waals surface area contributed by atoms with Gasteiger partial charge in [-0.1, -0.05) is 18.2 Å². The van der Waals surface area contributed by atoms with E-state index in [0.717, 1.165) is 50.5 Å². The minimum absolute atomic E-state index is 0.0290. The van der Waals surface area contributed by atoms with Crippen molar-refractivity contribution in [3.8, 4) is 5.75 Å². The van der Waals surface area contributed by atoms with Crippen LogP contribution in [0.5, 0.6) is 5.75 Å². The van der Waals surface area contributed by atoms with Crippen molar-refractivity contribution in [1.82, 2.24) is 5.32 Å². The first kappa shape index (κ1) is 15.3. The molecule has 0 aromatic heterocycles. The summed E-state index contributed by atoms with van der Waals surface area (Å²) in [5.41, 5.74) is 1.13. The predicted octanol–water partition coefficient (Wildman–Crippen LogP) is 1.96. The van der Waals surface area contributed by atoms with E-state index >= 15 is 0 Å². The van der Waals surface area contributed by atoms with Crippen LogP contribution >= 0.6 is 0 Å². The molecule has 1 aromatic rings. The van der Waals surface area contributed by atoms with Crippen LogP contribution in [0.4, 0.5) is 0 Å². The Hall–Kier alpha value is -1.10. The summed E-state index contributed by atoms with van der Waals surface area (Å²) >= 11 is 0. The number of hydrogen-bond donors (Lipinski definition) is 2. The Morgan fingerprint density at radius 3 is 2.75 bits per heavy atom. The number of ether oxygens (including phenoxy) is 2. The van der Waals surface area contributed by atoms with E-state index in [0.29, 0.717) is 6.61 Å². The summed E-state index contributed by atoms with van der Waals surface area (Å²) in [4.78, 5) is 0. The van der Waals surface area contributed by atoms with Crippen molar-refractivity contribution in [1.29, 1.82) is 0 Å². The van der Waals surface area contributed by atoms with Crippen molar-refractivity contribution in [2.24, 2.45) is 5.41 Å². The lowest BCUT2D eigenvalue weighted by atomic mass is 9.81. The standard InChI is InChI=1S/C16H25NO3/c1-2-20-15-6-4-3-5-14(15)11-17-12-16(13-18)7-9-19-10-8-16/h3-6,17-18H,2,7-13H2,1H3. The van der Waals surface area contributed by atoms with Crippen LogP contribution in [0.3, 0.4) is 0 Å². The quantitative estimate of drug-likeness (QED) is 0.801. The molecule has 0 aliphatic carbocycles. The number of rotatable bonds is 7. The Morgan fingerprint density at radius 1 is 1.30 bits per heavy atom. The number of benzene rings is 1. The van der Waals surface area contributed by atoms with E-state index in [1.54, 1.807) is 0 Å². The highest BCUT2D eigenvalue weighted by molar-refractivity contribution is 5.33. The number of para-hydroxylation sites is 1. The molecular formula is C16H25NO3. The first-order valence-electron chi connectivity index (χ1n) is 7.40. The maximum atomic E-state index is 9.66. The van der Waals surface area contributed by atoms with E-state index in [1.165, 1.54) is 0 Å². The topological polar surface area (TPSA) is 50.7 Å². The Balaban J connectivity index is 1.88. The SMILES string of the molecule is CCOc1ccccc1CNCC1(CO)CCOCC1. The van der Waals surface area contributed by atoms with Gasteiger partial charge in [0.25, 0.3) is 0 Å². The molecule has 4 nitrogen and oxygen atoms in total. The van der Waals surface area contributed by atoms with E-state index in [1.807, 2.05) is 25.1 Å². The molecule has 1 saturated heterocycles. The summed E-state index contributed by atoms with van der Waals surface area (Å²) in [7, 11) is 0. The van der Waals surface area contributed by atoms with Gasteiger partial charge in [0.2, 0.25) is 0 Å². The third-order valence-electron chi connectivity index (χ3n) is 3.98. The summed E-state index contributed by atoms with van der Waals surface area (Å²) in [5.74, 6) is 0.938. The summed E-state index contributed by atoms with van der Waals surface area (Å²) in [5, 5.41) is 13.1. The molecule has 0 saturated carbocycles. The molecule has 1 aromatic carbocycles. The van der Waals surface area contributed by atoms with Gasteiger partial charge in [0, 0.05) is 37.3 Å². The van der Waals surface area contributed by atoms with Crippen molar-refractivity contribution in [2.75, 3.05) is 33.0 Å². The Kier molecular flexibility index (Phi) is 5.83. The average Bonchev–Trinajstić information content (AvgIpc) is 2.50. The third-order valence-corrected chi connectivity index (χ3v) is 3.98. The molecule has 0 amide bonds. The number of nitrogens with one attached hydrogen (secondary N) is 1. The molecule has 112 valence electrons. The van der Waals surface area contributed by atoms with Crippen molar-refractivity contribution in [2.45, 2.75) is 26.3 Å². The fourth-order valence-electron chi connectivity index (χ4n) is 2.60. The van der Waals surface area contributed by atoms with E-state index in [2.05, 4.69) is 11.4 Å². The number of hydrogen-bond acceptors (Lipinski definition) is 4. The minimum atomic E-state index is -0.0290. The second-order valence-electron chi connectivity index (χ2n) is 5.41. The molecule has 2 rings (SSSR count). The molecule has 1 aliphatic heterocycles. The van der Waals surface area contributed by atoms with Gasteiger partial charge >= 0.3 is 0 Å². The van der Waals surface area contributed by atoms with Crippen LogP contribution in [0.1, 0.15) is 25.3 Å². The highest BCUT2D eigenvalue weighted by Crippen LogP contribution is 2.29. The molecule has 0 radical (unpaired) electrons. The molecule has 20 heavy (non-hydrogen) atoms. The maximum Gasteiger partial charge on any atom is 0.123 e. The van der Waals surface area contributed by atoms with Gasteiger partial charge in [0.1, 0.15) is 5.75 Å². The zero-order valence-electron chi connectivity index (χ0n) is 12.2. The van der Waals surface area contributed by atoms with Gasteiger partial charge in [-0.25, -0.2) is 0 Å². The van der Waals surface area contributed by atoms with Gasteiger partial charge in [-0.15, -0.1) is 0 Å². The van der Waals surface area contributed by atoms with E-state index in [9.17, 15) is 5.11 Å². The maximum absolute atomic E-state index is 9.66. The Morgan fingerprint density at radius 2 is 2.05 bits per heavy atom. The van der Waals surface area contributed by atoms with E-state index in [4.69, 9.17) is 9.47 Å². The van der Waals surface area contributed by atoms with Crippen LogP contribution in [-0.4, -0.2) is 38.1 Å². The lowest BCUT2D eigenvalue weighted by Gasteiger charge is -2.35. The fourth-order valence-corrected chi connectivity index (χ4v) is 2.60. The van der Waals surface area contributed by atoms with Crippen molar-refractivity contribution < 1.29 is 14.6 Å². The second kappa shape index (κ2) is 7.62. The van der Waals surface area contributed by atoms with E-state index in [-0.39, 0.29) is 12.0 Å². The molecule has 1 heterocycles. The zero-order valence-corrected chi connectivity index (χ0v) is 12.2. The summed E-state index contributed by atoms with van der Waals surface area (Å²) in [6.45, 7) is 5.96. The molecular weight excluding hydrogens is 254 g/mol. The highest BCUT2D eigenvalue weighted by atomic mass is 16.5. The molecule has 1 aliphatic rings. The molecule has 4 heteroatoms. The van der Waals surface area contributed by atoms with Crippen molar-refractivity contribution in [3.05, 3.63) is 29.8 Å². The minimum Gasteiger partial charge on any atom is -0.494 e. The summed E-state index contributed by atoms with van der Waals surface area (Å²) in [6.07, 6.45) is 1.84. The summed E-state index contributed by atoms with van der Waals surface area (Å²) < 4.78 is 11.0. The molecule has 0 bridgehead atoms. The van der Waals surface area contributed by atoms with Crippen LogP contribution < -0.4 is 10.1 Å². The highest BCUT2D eigenvalue weighted by Gasteiger charge is 2.31. The van der Waals surface area contributed by atoms with Crippen molar-refractivity contribution >= 4 is 0 Å². The number of aliphatic hydroxyl groups is 1. The number of aliphatic hydroxyl groups excluding tert-OH is 1. The van der Waals surface area contributed by atoms with Crippen molar-refractivity contribution in [3.63, 3.8) is 0 Å². The fraction of sp³-hybridized carbons (Fsp3) is 0.625. The van der Waals surface area contributed by atoms with Crippen LogP contribution in [0, 0.1) is 5.41 Å². The largest absolute Gasteiger partial charge is 0.494 e. The summed E-state index contributed by atoms with van der Waals surface area (Å²) in [6, 6.07) is 8.09. The first-order chi connectivity index (χ1) is 9.79. The van der Waals surface area contributed by atoms with Gasteiger partial charge in [0.15, 0.2) is 0 Å². The molecule has 2 N–H and O–H groups in total. The van der Waals surface area contributed by atoms with Gasteiger partial charge in [-0.05, 0) is 25.8 Å². The van der Waals surface area contributed by atoms with Crippen LogP contribution in [0.15, 0.2) is 24.3 Å². The van der Waals surface area contributed by atoms with Gasteiger partial charge in [0.05, 0.1) is 13.2 Å². The smallest absolute Gasteiger partial charge is 0.123 e. The molecule has 0 spiro atoms. The van der Waals surface area contributed by atoms with Gasteiger partial charge in [-0.3, -0.25) is 0 Å². The molecule has 0 atom stereocenters. The molecule has 1 fully saturated rings. The Labute approximate surface area is 121 Å². The van der Waals surface area contributed by atoms with Gasteiger partial charge < -0.3 is 19.9 Å². The monoisotopic (exact) mass is 279 g/mol. The first-order valence-corrected chi connectivity index (χ1v) is 7.40. The lowest BCUT2D eigenvalue weighted by molar-refractivity contribution is -0.0154. The lowest BCUT2D eigenvalue weighted by Crippen LogP contribution is -2.41. The Bertz CT molecular complexity index is 402. The normalized spacial score (nSPS) is 17.9. The average molecular weight is 279 g/mol. The van der Waals surface area contributed by atoms with E-state index < -0.39 is 0 Å². The molecule has 0 unspecified atom stereocenters. The van der Waals surface area contributed by atoms with Gasteiger partial charge in [-0.2, -0.15) is 0 Å². The predicted molar refractivity (Wildman–Crippen MR) is 78.9 cm³/mol. The third kappa shape index (κ3) is 3.95. The van der Waals surface area contributed by atoms with Crippen LogP contribution in [0.2, 0.25) is 0 Å². The second-order valence-corrected chi connectivity index (χ2v) is 5.41. The zero-order chi connectivity index (χ0) is 14.3. The van der Waals surface area contributed by atoms with Crippen LogP contribution in [-0.2, 0) is 11.3 Å². The van der Waals surface area contributed by atoms with Crippen LogP contribution in [0.25, 0.3) is 0 Å².